The lowest BCUT2D eigenvalue weighted by Crippen LogP contribution is -2.50. The highest BCUT2D eigenvalue weighted by molar-refractivity contribution is 7.89. The lowest BCUT2D eigenvalue weighted by Gasteiger charge is -2.33. The van der Waals surface area contributed by atoms with Gasteiger partial charge in [-0.25, -0.2) is 12.8 Å². The van der Waals surface area contributed by atoms with Crippen molar-refractivity contribution in [2.24, 2.45) is 0 Å². The van der Waals surface area contributed by atoms with Crippen molar-refractivity contribution < 1.29 is 31.5 Å². The molecule has 1 amide bonds. The van der Waals surface area contributed by atoms with Crippen molar-refractivity contribution in [3.8, 4) is 22.8 Å². The van der Waals surface area contributed by atoms with Crippen LogP contribution >= 0.6 is 0 Å². The molecule has 3 aromatic rings. The number of hydrogen-bond donors (Lipinski definition) is 0. The fourth-order valence-electron chi connectivity index (χ4n) is 3.64. The van der Waals surface area contributed by atoms with Crippen molar-refractivity contribution in [1.29, 1.82) is 0 Å². The predicted octanol–water partition coefficient (Wildman–Crippen LogP) is 3.25. The van der Waals surface area contributed by atoms with E-state index in [1.807, 2.05) is 0 Å². The van der Waals surface area contributed by atoms with E-state index >= 15 is 0 Å². The summed E-state index contributed by atoms with van der Waals surface area (Å²) in [6.07, 6.45) is 0. The highest BCUT2D eigenvalue weighted by Crippen LogP contribution is 2.31. The second-order valence-electron chi connectivity index (χ2n) is 7.38. The third-order valence-electron chi connectivity index (χ3n) is 5.46. The fourth-order valence-corrected chi connectivity index (χ4v) is 5.07. The van der Waals surface area contributed by atoms with Crippen LogP contribution in [0.1, 0.15) is 10.6 Å². The van der Waals surface area contributed by atoms with Crippen LogP contribution in [0.25, 0.3) is 11.3 Å². The van der Waals surface area contributed by atoms with Crippen LogP contribution in [0.5, 0.6) is 11.5 Å². The van der Waals surface area contributed by atoms with E-state index in [1.54, 1.807) is 35.2 Å². The molecule has 1 aromatic heterocycles. The Balaban J connectivity index is 1.43. The molecular weight excluding hydrogens is 451 g/mol. The van der Waals surface area contributed by atoms with Crippen molar-refractivity contribution in [3.05, 3.63) is 66.2 Å². The molecule has 174 valence electrons. The molecule has 0 unspecified atom stereocenters. The van der Waals surface area contributed by atoms with Crippen molar-refractivity contribution >= 4 is 15.9 Å². The number of ether oxygens (including phenoxy) is 2. The molecule has 0 atom stereocenters. The monoisotopic (exact) mass is 474 g/mol. The Hall–Kier alpha value is -3.37. The molecule has 8 nitrogen and oxygen atoms in total. The number of sulfonamides is 1. The molecule has 0 spiro atoms. The van der Waals surface area contributed by atoms with Crippen molar-refractivity contribution in [2.75, 3.05) is 40.4 Å². The van der Waals surface area contributed by atoms with Crippen molar-refractivity contribution in [2.45, 2.75) is 4.90 Å². The molecule has 33 heavy (non-hydrogen) atoms. The number of carbonyl (C=O) groups is 1. The Morgan fingerprint density at radius 2 is 1.58 bits per heavy atom. The summed E-state index contributed by atoms with van der Waals surface area (Å²) in [4.78, 5) is 14.5. The van der Waals surface area contributed by atoms with Crippen LogP contribution in [0, 0.1) is 5.82 Å². The number of amides is 1. The number of furan rings is 1. The molecule has 4 rings (SSSR count). The maximum atomic E-state index is 13.1. The summed E-state index contributed by atoms with van der Waals surface area (Å²) in [5.41, 5.74) is 0.654. The molecule has 1 aliphatic heterocycles. The third-order valence-corrected chi connectivity index (χ3v) is 7.36. The highest BCUT2D eigenvalue weighted by atomic mass is 32.2. The van der Waals surface area contributed by atoms with Gasteiger partial charge in [-0.15, -0.1) is 0 Å². The smallest absolute Gasteiger partial charge is 0.289 e. The van der Waals surface area contributed by atoms with Crippen LogP contribution in [0.15, 0.2) is 63.9 Å². The minimum atomic E-state index is -3.76. The van der Waals surface area contributed by atoms with Crippen LogP contribution in [-0.2, 0) is 10.0 Å². The summed E-state index contributed by atoms with van der Waals surface area (Å²) in [7, 11) is -0.848. The van der Waals surface area contributed by atoms with Gasteiger partial charge in [0.25, 0.3) is 5.91 Å². The summed E-state index contributed by atoms with van der Waals surface area (Å²) in [6.45, 7) is 0.734. The van der Waals surface area contributed by atoms with E-state index in [0.717, 1.165) is 0 Å². The Morgan fingerprint density at radius 3 is 2.21 bits per heavy atom. The Labute approximate surface area is 191 Å². The number of rotatable bonds is 6. The first-order chi connectivity index (χ1) is 15.8. The van der Waals surface area contributed by atoms with Gasteiger partial charge in [0.15, 0.2) is 17.3 Å². The zero-order valence-corrected chi connectivity index (χ0v) is 19.0. The normalized spacial score (nSPS) is 14.8. The second kappa shape index (κ2) is 9.24. The topological polar surface area (TPSA) is 89.3 Å². The van der Waals surface area contributed by atoms with E-state index in [9.17, 15) is 17.6 Å². The van der Waals surface area contributed by atoms with E-state index < -0.39 is 10.0 Å². The molecule has 1 saturated heterocycles. The van der Waals surface area contributed by atoms with Crippen molar-refractivity contribution in [1.82, 2.24) is 9.21 Å². The van der Waals surface area contributed by atoms with Gasteiger partial charge in [-0.2, -0.15) is 4.31 Å². The quantitative estimate of drug-likeness (QED) is 0.545. The standard InChI is InChI=1S/C23H23FN2O6S/c1-30-20-8-7-18(15-22(20)31-2)33(28,29)26-13-11-25(12-14-26)23(27)21-10-9-19(32-21)16-3-5-17(24)6-4-16/h3-10,15H,11-14H2,1-2H3. The van der Waals surface area contributed by atoms with Crippen LogP contribution in [0.3, 0.4) is 0 Å². The van der Waals surface area contributed by atoms with E-state index in [2.05, 4.69) is 0 Å². The molecule has 0 N–H and O–H groups in total. The third kappa shape index (κ3) is 4.57. The first-order valence-corrected chi connectivity index (χ1v) is 11.6. The minimum Gasteiger partial charge on any atom is -0.493 e. The van der Waals surface area contributed by atoms with Gasteiger partial charge >= 0.3 is 0 Å². The van der Waals surface area contributed by atoms with E-state index in [0.29, 0.717) is 22.8 Å². The summed E-state index contributed by atoms with van der Waals surface area (Å²) >= 11 is 0. The van der Waals surface area contributed by atoms with Crippen LogP contribution in [0.4, 0.5) is 4.39 Å². The molecule has 0 saturated carbocycles. The Morgan fingerprint density at radius 1 is 0.909 bits per heavy atom. The van der Waals surface area contributed by atoms with Gasteiger partial charge in [0, 0.05) is 37.8 Å². The zero-order chi connectivity index (χ0) is 23.6. The first-order valence-electron chi connectivity index (χ1n) is 10.2. The molecule has 2 heterocycles. The molecule has 0 aliphatic carbocycles. The number of hydrogen-bond acceptors (Lipinski definition) is 6. The minimum absolute atomic E-state index is 0.0925. The van der Waals surface area contributed by atoms with Crippen molar-refractivity contribution in [3.63, 3.8) is 0 Å². The summed E-state index contributed by atoms with van der Waals surface area (Å²) in [6, 6.07) is 13.4. The van der Waals surface area contributed by atoms with Gasteiger partial charge in [0.1, 0.15) is 11.6 Å². The van der Waals surface area contributed by atoms with Gasteiger partial charge in [0.05, 0.1) is 19.1 Å². The number of nitrogens with zero attached hydrogens (tertiary/aromatic N) is 2. The highest BCUT2D eigenvalue weighted by Gasteiger charge is 2.32. The number of benzene rings is 2. The predicted molar refractivity (Wildman–Crippen MR) is 118 cm³/mol. The summed E-state index contributed by atoms with van der Waals surface area (Å²) < 4.78 is 56.6. The van der Waals surface area contributed by atoms with Gasteiger partial charge in [0.2, 0.25) is 10.0 Å². The SMILES string of the molecule is COc1ccc(S(=O)(=O)N2CCN(C(=O)c3ccc(-c4ccc(F)cc4)o3)CC2)cc1OC. The molecule has 0 radical (unpaired) electrons. The molecule has 10 heteroatoms. The van der Waals surface area contributed by atoms with Gasteiger partial charge in [-0.3, -0.25) is 4.79 Å². The molecule has 1 fully saturated rings. The molecule has 0 bridgehead atoms. The Kier molecular flexibility index (Phi) is 6.39. The fraction of sp³-hybridized carbons (Fsp3) is 0.261. The van der Waals surface area contributed by atoms with E-state index in [-0.39, 0.29) is 48.6 Å². The zero-order valence-electron chi connectivity index (χ0n) is 18.2. The molecule has 2 aromatic carbocycles. The number of carbonyl (C=O) groups excluding carboxylic acids is 1. The van der Waals surface area contributed by atoms with Crippen LogP contribution < -0.4 is 9.47 Å². The number of halogens is 1. The molecule has 1 aliphatic rings. The maximum Gasteiger partial charge on any atom is 0.289 e. The van der Waals surface area contributed by atoms with Gasteiger partial charge < -0.3 is 18.8 Å². The van der Waals surface area contributed by atoms with Gasteiger partial charge in [-0.05, 0) is 48.5 Å². The summed E-state index contributed by atoms with van der Waals surface area (Å²) in [5.74, 6) is 0.667. The molecular formula is C23H23FN2O6S. The lowest BCUT2D eigenvalue weighted by molar-refractivity contribution is 0.0667. The summed E-state index contributed by atoms with van der Waals surface area (Å²) in [5, 5.41) is 0. The number of methoxy groups -OCH3 is 2. The van der Waals surface area contributed by atoms with Crippen LogP contribution in [-0.4, -0.2) is 63.9 Å². The number of piperazine rings is 1. The first kappa shape index (κ1) is 22.8. The average molecular weight is 475 g/mol. The largest absolute Gasteiger partial charge is 0.493 e. The lowest BCUT2D eigenvalue weighted by atomic mass is 10.2. The Bertz CT molecular complexity index is 1250. The van der Waals surface area contributed by atoms with Gasteiger partial charge in [-0.1, -0.05) is 0 Å². The van der Waals surface area contributed by atoms with E-state index in [4.69, 9.17) is 13.9 Å². The van der Waals surface area contributed by atoms with E-state index in [1.165, 1.54) is 42.8 Å². The van der Waals surface area contributed by atoms with Crippen LogP contribution in [0.2, 0.25) is 0 Å². The maximum absolute atomic E-state index is 13.1. The second-order valence-corrected chi connectivity index (χ2v) is 9.32. The average Bonchev–Trinajstić information content (AvgIpc) is 3.34.